The largest absolute Gasteiger partial charge is 0.381 e. The molecule has 5 aromatic rings. The van der Waals surface area contributed by atoms with Gasteiger partial charge < -0.3 is 26.0 Å². The lowest BCUT2D eigenvalue weighted by atomic mass is 9.95. The molecule has 0 bridgehead atoms. The van der Waals surface area contributed by atoms with E-state index >= 15 is 4.39 Å². The first-order valence-electron chi connectivity index (χ1n) is 20.8. The van der Waals surface area contributed by atoms with Crippen molar-refractivity contribution in [3.63, 3.8) is 0 Å². The molecule has 58 heavy (non-hydrogen) atoms. The molecule has 4 heterocycles. The quantitative estimate of drug-likeness (QED) is 0.0986. The van der Waals surface area contributed by atoms with Crippen LogP contribution in [0.2, 0.25) is 0 Å². The number of fused-ring (bicyclic) bond motifs is 1. The molecule has 0 spiro atoms. The second-order valence-corrected chi connectivity index (χ2v) is 15.9. The summed E-state index contributed by atoms with van der Waals surface area (Å²) in [6.45, 7) is 16.4. The zero-order valence-corrected chi connectivity index (χ0v) is 34.6. The Balaban J connectivity index is 1.02. The van der Waals surface area contributed by atoms with Gasteiger partial charge in [-0.3, -0.25) is 14.5 Å². The van der Waals surface area contributed by atoms with Crippen LogP contribution in [0, 0.1) is 5.82 Å². The molecule has 2 aliphatic rings. The Morgan fingerprint density at radius 1 is 0.862 bits per heavy atom. The molecule has 0 saturated carbocycles. The number of pyridine rings is 1. The molecule has 2 amide bonds. The van der Waals surface area contributed by atoms with Crippen molar-refractivity contribution in [2.75, 3.05) is 18.5 Å². The fourth-order valence-electron chi connectivity index (χ4n) is 8.34. The first kappa shape index (κ1) is 41.0. The van der Waals surface area contributed by atoms with Gasteiger partial charge in [0.05, 0.1) is 17.3 Å². The number of piperazine rings is 1. The Bertz CT molecular complexity index is 2240. The molecule has 12 heteroatoms. The molecule has 2 saturated heterocycles. The summed E-state index contributed by atoms with van der Waals surface area (Å²) in [4.78, 5) is 34.6. The summed E-state index contributed by atoms with van der Waals surface area (Å²) in [5.41, 5.74) is 7.49. The van der Waals surface area contributed by atoms with Crippen LogP contribution < -0.4 is 21.3 Å². The van der Waals surface area contributed by atoms with Crippen molar-refractivity contribution in [2.45, 2.75) is 117 Å². The van der Waals surface area contributed by atoms with Gasteiger partial charge in [-0.1, -0.05) is 37.3 Å². The number of nitrogens with one attached hydrogen (secondary N) is 4. The van der Waals surface area contributed by atoms with Gasteiger partial charge in [-0.05, 0) is 107 Å². The number of benzene rings is 3. The van der Waals surface area contributed by atoms with Gasteiger partial charge in [-0.2, -0.15) is 5.10 Å². The smallest absolute Gasteiger partial charge is 0.251 e. The second kappa shape index (κ2) is 18.2. The van der Waals surface area contributed by atoms with Crippen LogP contribution in [0.5, 0.6) is 0 Å². The Morgan fingerprint density at radius 3 is 2.24 bits per heavy atom. The Labute approximate surface area is 341 Å². The third-order valence-electron chi connectivity index (χ3n) is 12.1. The van der Waals surface area contributed by atoms with Crippen LogP contribution in [0.4, 0.5) is 10.1 Å². The minimum absolute atomic E-state index is 0.195. The fraction of sp³-hybridized carbons (Fsp3) is 0.435. The van der Waals surface area contributed by atoms with Crippen molar-refractivity contribution in [3.05, 3.63) is 112 Å². The van der Waals surface area contributed by atoms with Gasteiger partial charge in [0, 0.05) is 97.5 Å². The number of carbonyl (C=O) groups excluding carboxylic acids is 2. The Morgan fingerprint density at radius 2 is 1.55 bits per heavy atom. The molecule has 4 unspecified atom stereocenters. The number of anilines is 1. The molecule has 0 aliphatic carbocycles. The van der Waals surface area contributed by atoms with E-state index in [1.54, 1.807) is 36.4 Å². The van der Waals surface area contributed by atoms with Crippen molar-refractivity contribution in [3.8, 4) is 11.1 Å². The Kier molecular flexibility index (Phi) is 12.9. The van der Waals surface area contributed by atoms with Crippen LogP contribution in [-0.2, 0) is 37.3 Å². The van der Waals surface area contributed by atoms with Crippen molar-refractivity contribution in [1.29, 1.82) is 0 Å². The minimum atomic E-state index is -0.330. The van der Waals surface area contributed by atoms with Gasteiger partial charge in [-0.25, -0.2) is 14.1 Å². The molecule has 4 N–H and O–H groups in total. The number of ether oxygens (including phenoxy) is 1. The molecule has 2 aromatic heterocycles. The predicted molar refractivity (Wildman–Crippen MR) is 227 cm³/mol. The fourth-order valence-corrected chi connectivity index (χ4v) is 8.34. The van der Waals surface area contributed by atoms with Gasteiger partial charge >= 0.3 is 0 Å². The van der Waals surface area contributed by atoms with E-state index in [1.807, 2.05) is 29.9 Å². The molecule has 11 nitrogen and oxygen atoms in total. The van der Waals surface area contributed by atoms with E-state index in [-0.39, 0.29) is 36.8 Å². The molecular weight excluding hydrogens is 732 g/mol. The highest BCUT2D eigenvalue weighted by Gasteiger charge is 2.34. The predicted octanol–water partition coefficient (Wildman–Crippen LogP) is 7.23. The second-order valence-electron chi connectivity index (χ2n) is 15.9. The number of rotatable bonds is 13. The summed E-state index contributed by atoms with van der Waals surface area (Å²) < 4.78 is 22.8. The van der Waals surface area contributed by atoms with Crippen LogP contribution in [0.1, 0.15) is 97.5 Å². The summed E-state index contributed by atoms with van der Waals surface area (Å²) in [5, 5.41) is 19.0. The highest BCUT2D eigenvalue weighted by Crippen LogP contribution is 2.32. The van der Waals surface area contributed by atoms with Crippen molar-refractivity contribution in [1.82, 2.24) is 35.6 Å². The van der Waals surface area contributed by atoms with E-state index in [0.29, 0.717) is 67.0 Å². The number of carbonyl (C=O) groups is 2. The van der Waals surface area contributed by atoms with Gasteiger partial charge in [0.15, 0.2) is 5.65 Å². The third kappa shape index (κ3) is 8.94. The number of halogens is 1. The maximum Gasteiger partial charge on any atom is 0.251 e. The normalized spacial score (nSPS) is 20.3. The maximum absolute atomic E-state index is 15.3. The summed E-state index contributed by atoms with van der Waals surface area (Å²) in [7, 11) is 0. The zero-order chi connectivity index (χ0) is 40.9. The standard InChI is InChI=1S/C46H57FN8O3/c1-7-42-39(43(52-37-17-19-58-20-18-37)40-26-50-55(8-2)44(40)53-42)25-49-46(57)36-14-10-13-35(23-36)45(56)48-24-32-15-16-41(47)38(22-32)34-12-9-11-33(21-34)27-54-30(5)28(3)51-29(4)31(54)6/h9-16,21-23,26,28-31,37,51H,7-8,17-20,24-25,27H2,1-6H3,(H,48,56)(H,49,57)(H,52,53). The highest BCUT2D eigenvalue weighted by molar-refractivity contribution is 6.00. The number of hydrogen-bond acceptors (Lipinski definition) is 8. The number of aromatic nitrogens is 3. The summed E-state index contributed by atoms with van der Waals surface area (Å²) in [5.74, 6) is -0.946. The number of nitrogens with zero attached hydrogens (tertiary/aromatic N) is 4. The summed E-state index contributed by atoms with van der Waals surface area (Å²) in [6, 6.07) is 21.4. The molecule has 0 radical (unpaired) electrons. The van der Waals surface area contributed by atoms with E-state index in [4.69, 9.17) is 9.72 Å². The first-order chi connectivity index (χ1) is 28.0. The third-order valence-corrected chi connectivity index (χ3v) is 12.1. The molecule has 306 valence electrons. The van der Waals surface area contributed by atoms with Crippen LogP contribution in [0.15, 0.2) is 72.9 Å². The van der Waals surface area contributed by atoms with Gasteiger partial charge in [0.2, 0.25) is 0 Å². The van der Waals surface area contributed by atoms with Crippen LogP contribution in [0.3, 0.4) is 0 Å². The van der Waals surface area contributed by atoms with Crippen molar-refractivity contribution >= 4 is 28.5 Å². The van der Waals surface area contributed by atoms with Gasteiger partial charge in [-0.15, -0.1) is 0 Å². The average Bonchev–Trinajstić information content (AvgIpc) is 3.66. The van der Waals surface area contributed by atoms with Crippen LogP contribution in [-0.4, -0.2) is 74.9 Å². The lowest BCUT2D eigenvalue weighted by Crippen LogP contribution is -2.63. The lowest BCUT2D eigenvalue weighted by Gasteiger charge is -2.47. The molecule has 4 atom stereocenters. The van der Waals surface area contributed by atoms with E-state index in [2.05, 4.69) is 78.0 Å². The topological polar surface area (TPSA) is 125 Å². The van der Waals surface area contributed by atoms with E-state index in [9.17, 15) is 9.59 Å². The summed E-state index contributed by atoms with van der Waals surface area (Å²) >= 11 is 0. The van der Waals surface area contributed by atoms with E-state index in [0.717, 1.165) is 64.1 Å². The van der Waals surface area contributed by atoms with E-state index < -0.39 is 0 Å². The van der Waals surface area contributed by atoms with Gasteiger partial charge in [0.25, 0.3) is 11.8 Å². The molecule has 3 aromatic carbocycles. The first-order valence-corrected chi connectivity index (χ1v) is 20.8. The molecule has 2 aliphatic heterocycles. The average molecular weight is 789 g/mol. The Hall–Kier alpha value is -5.17. The molecule has 7 rings (SSSR count). The van der Waals surface area contributed by atoms with Crippen molar-refractivity contribution in [2.24, 2.45) is 0 Å². The number of amides is 2. The van der Waals surface area contributed by atoms with Crippen LogP contribution >= 0.6 is 0 Å². The molecular formula is C46H57FN8O3. The van der Waals surface area contributed by atoms with Gasteiger partial charge in [0.1, 0.15) is 5.82 Å². The number of aryl methyl sites for hydroxylation is 2. The monoisotopic (exact) mass is 788 g/mol. The minimum Gasteiger partial charge on any atom is -0.381 e. The van der Waals surface area contributed by atoms with Crippen LogP contribution in [0.25, 0.3) is 22.2 Å². The number of hydrogen-bond donors (Lipinski definition) is 4. The van der Waals surface area contributed by atoms with Crippen molar-refractivity contribution < 1.29 is 18.7 Å². The maximum atomic E-state index is 15.3. The van der Waals surface area contributed by atoms with E-state index in [1.165, 1.54) is 6.07 Å². The highest BCUT2D eigenvalue weighted by atomic mass is 19.1. The molecule has 2 fully saturated rings. The SMILES string of the molecule is CCc1nc2c(cnn2CC)c(NC2CCOCC2)c1CNC(=O)c1cccc(C(=O)NCc2ccc(F)c(-c3cccc(CN4C(C)C(C)NC(C)C4C)c3)c2)c1. The summed E-state index contributed by atoms with van der Waals surface area (Å²) in [6.07, 6.45) is 4.31. The zero-order valence-electron chi connectivity index (χ0n) is 34.6. The lowest BCUT2D eigenvalue weighted by molar-refractivity contribution is 0.0515.